The molecule has 3 heterocycles. The van der Waals surface area contributed by atoms with Crippen LogP contribution in [0.25, 0.3) is 0 Å². The summed E-state index contributed by atoms with van der Waals surface area (Å²) >= 11 is 1.72. The zero-order valence-electron chi connectivity index (χ0n) is 25.2. The third-order valence-corrected chi connectivity index (χ3v) is 11.2. The number of carbonyl (C=O) groups is 3. The van der Waals surface area contributed by atoms with E-state index in [0.29, 0.717) is 26.2 Å². The van der Waals surface area contributed by atoms with E-state index < -0.39 is 0 Å². The molecule has 4 amide bonds. The molecule has 0 radical (unpaired) electrons. The number of urea groups is 1. The molecule has 0 bridgehead atoms. The largest absolute Gasteiger partial charge is 0.342 e. The minimum absolute atomic E-state index is 0. The summed E-state index contributed by atoms with van der Waals surface area (Å²) in [6.07, 6.45) is 6.53. The molecule has 1 N–H and O–H groups in total. The van der Waals surface area contributed by atoms with Gasteiger partial charge in [-0.05, 0) is 73.1 Å². The molecule has 7 nitrogen and oxygen atoms in total. The number of anilines is 1. The molecular formula is C34H46N4O3S. The van der Waals surface area contributed by atoms with Crippen molar-refractivity contribution in [1.82, 2.24) is 14.7 Å². The lowest BCUT2D eigenvalue weighted by Crippen LogP contribution is -2.50. The van der Waals surface area contributed by atoms with Gasteiger partial charge < -0.3 is 20.0 Å². The van der Waals surface area contributed by atoms with Crippen LogP contribution in [0.15, 0.2) is 48.5 Å². The van der Waals surface area contributed by atoms with Gasteiger partial charge in [-0.3, -0.25) is 9.59 Å². The van der Waals surface area contributed by atoms with Gasteiger partial charge in [-0.25, -0.2) is 4.79 Å². The maximum Gasteiger partial charge on any atom is 0.322 e. The summed E-state index contributed by atoms with van der Waals surface area (Å²) < 4.78 is 0. The van der Waals surface area contributed by atoms with Crippen molar-refractivity contribution < 1.29 is 15.8 Å². The van der Waals surface area contributed by atoms with Gasteiger partial charge in [0.25, 0.3) is 0 Å². The number of fused-ring (bicyclic) bond motifs is 3. The number of nitrogens with one attached hydrogen (secondary N) is 1. The van der Waals surface area contributed by atoms with E-state index in [1.807, 2.05) is 28.0 Å². The Morgan fingerprint density at radius 3 is 2.48 bits per heavy atom. The standard InChI is InChI=1S/C34H44N4O3S.H2/c1-33(2,3)18-22-38-31(40)29(42-34(38)17-8-11-24-9-4-6-12-27(24)34)23-30(39)36-19-15-26(16-20-36)37-21-14-25-10-5-7-13-28(25)35-32(37)41;/h4-7,9-10,12-13,26,29H,8,11,14-23H2,1-3H3,(H,35,41);1H. The molecule has 2 aromatic carbocycles. The van der Waals surface area contributed by atoms with Crippen molar-refractivity contribution in [3.8, 4) is 0 Å². The first kappa shape index (κ1) is 29.1. The molecule has 2 atom stereocenters. The van der Waals surface area contributed by atoms with Crippen LogP contribution < -0.4 is 5.32 Å². The van der Waals surface area contributed by atoms with E-state index in [-0.39, 0.29) is 47.3 Å². The first-order chi connectivity index (χ1) is 20.1. The number of likely N-dealkylation sites (tertiary alicyclic amines) is 1. The maximum absolute atomic E-state index is 14.0. The third kappa shape index (κ3) is 5.67. The highest BCUT2D eigenvalue weighted by Crippen LogP contribution is 2.56. The van der Waals surface area contributed by atoms with Gasteiger partial charge in [0.05, 0.1) is 5.25 Å². The lowest BCUT2D eigenvalue weighted by Gasteiger charge is -2.43. The Labute approximate surface area is 255 Å². The number of nitrogens with zero attached hydrogens (tertiary/aromatic N) is 3. The summed E-state index contributed by atoms with van der Waals surface area (Å²) in [5, 5.41) is 2.71. The number of carbonyl (C=O) groups excluding carboxylic acids is 3. The number of benzene rings is 2. The van der Waals surface area contributed by atoms with Crippen LogP contribution in [0.3, 0.4) is 0 Å². The van der Waals surface area contributed by atoms with Crippen LogP contribution in [0.5, 0.6) is 0 Å². The van der Waals surface area contributed by atoms with Gasteiger partial charge >= 0.3 is 6.03 Å². The molecule has 6 rings (SSSR count). The van der Waals surface area contributed by atoms with Crippen molar-refractivity contribution >= 4 is 35.3 Å². The van der Waals surface area contributed by atoms with E-state index in [1.54, 1.807) is 11.8 Å². The second-order valence-corrected chi connectivity index (χ2v) is 15.0. The number of hydrogen-bond donors (Lipinski definition) is 1. The third-order valence-electron chi connectivity index (χ3n) is 9.56. The van der Waals surface area contributed by atoms with Gasteiger partial charge in [0.15, 0.2) is 0 Å². The quantitative estimate of drug-likeness (QED) is 0.445. The van der Waals surface area contributed by atoms with Crippen LogP contribution in [0.1, 0.15) is 77.4 Å². The van der Waals surface area contributed by atoms with Gasteiger partial charge in [-0.15, -0.1) is 11.8 Å². The predicted octanol–water partition coefficient (Wildman–Crippen LogP) is 6.27. The molecule has 3 aliphatic heterocycles. The zero-order chi connectivity index (χ0) is 29.5. The lowest BCUT2D eigenvalue weighted by atomic mass is 9.85. The van der Waals surface area contributed by atoms with Gasteiger partial charge in [0.1, 0.15) is 4.87 Å². The molecule has 2 saturated heterocycles. The fourth-order valence-corrected chi connectivity index (χ4v) is 9.02. The van der Waals surface area contributed by atoms with Crippen molar-refractivity contribution in [3.05, 3.63) is 65.2 Å². The van der Waals surface area contributed by atoms with E-state index >= 15 is 0 Å². The van der Waals surface area contributed by atoms with Crippen molar-refractivity contribution in [3.63, 3.8) is 0 Å². The molecule has 2 fully saturated rings. The SMILES string of the molecule is CC(C)(C)CCN1C(=O)C(CC(=O)N2CCC(N3CCc4ccccc4NC3=O)CC2)SC12CCCc1ccccc12.[HH]. The number of amides is 4. The van der Waals surface area contributed by atoms with Gasteiger partial charge in [-0.2, -0.15) is 0 Å². The first-order valence-electron chi connectivity index (χ1n) is 15.7. The average molecular weight is 591 g/mol. The monoisotopic (exact) mass is 590 g/mol. The van der Waals surface area contributed by atoms with E-state index in [4.69, 9.17) is 0 Å². The molecule has 8 heteroatoms. The second kappa shape index (κ2) is 11.6. The minimum atomic E-state index is -0.382. The summed E-state index contributed by atoms with van der Waals surface area (Å²) in [5.41, 5.74) is 4.77. The number of para-hydroxylation sites is 1. The molecule has 1 aliphatic carbocycles. The number of piperidine rings is 1. The molecule has 0 saturated carbocycles. The highest BCUT2D eigenvalue weighted by atomic mass is 32.2. The van der Waals surface area contributed by atoms with Crippen LogP contribution in [-0.4, -0.2) is 70.0 Å². The Hall–Kier alpha value is -3.00. The Kier molecular flexibility index (Phi) is 8.03. The summed E-state index contributed by atoms with van der Waals surface area (Å²) in [4.78, 5) is 46.3. The van der Waals surface area contributed by atoms with Gasteiger partial charge in [0, 0.05) is 45.8 Å². The fraction of sp³-hybridized carbons (Fsp3) is 0.559. The second-order valence-electron chi connectivity index (χ2n) is 13.5. The van der Waals surface area contributed by atoms with E-state index in [0.717, 1.165) is 56.2 Å². The highest BCUT2D eigenvalue weighted by Gasteiger charge is 2.54. The molecule has 4 aliphatic rings. The predicted molar refractivity (Wildman–Crippen MR) is 170 cm³/mol. The first-order valence-corrected chi connectivity index (χ1v) is 16.5. The zero-order valence-corrected chi connectivity index (χ0v) is 26.0. The number of rotatable bonds is 5. The lowest BCUT2D eigenvalue weighted by molar-refractivity contribution is -0.138. The molecule has 226 valence electrons. The molecule has 2 unspecified atom stereocenters. The Balaban J connectivity index is 0.00000368. The summed E-state index contributed by atoms with van der Waals surface area (Å²) in [6, 6.07) is 16.6. The van der Waals surface area contributed by atoms with E-state index in [9.17, 15) is 14.4 Å². The van der Waals surface area contributed by atoms with Gasteiger partial charge in [0.2, 0.25) is 11.8 Å². The van der Waals surface area contributed by atoms with Crippen molar-refractivity contribution in [2.45, 2.75) is 88.3 Å². The fourth-order valence-electron chi connectivity index (χ4n) is 7.20. The molecule has 0 aromatic heterocycles. The van der Waals surface area contributed by atoms with Gasteiger partial charge in [-0.1, -0.05) is 63.2 Å². The number of thioether (sulfide) groups is 1. The Morgan fingerprint density at radius 2 is 1.71 bits per heavy atom. The van der Waals surface area contributed by atoms with Crippen LogP contribution in [-0.2, 0) is 27.3 Å². The minimum Gasteiger partial charge on any atom is -0.342 e. The smallest absolute Gasteiger partial charge is 0.322 e. The van der Waals surface area contributed by atoms with Crippen LogP contribution >= 0.6 is 11.8 Å². The average Bonchev–Trinajstić information content (AvgIpc) is 3.10. The Bertz CT molecular complexity index is 1360. The topological polar surface area (TPSA) is 73.0 Å². The molecule has 1 spiro atoms. The Morgan fingerprint density at radius 1 is 1.00 bits per heavy atom. The number of hydrogen-bond acceptors (Lipinski definition) is 4. The maximum atomic E-state index is 14.0. The van der Waals surface area contributed by atoms with Crippen molar-refractivity contribution in [2.75, 3.05) is 31.5 Å². The van der Waals surface area contributed by atoms with Crippen LogP contribution in [0.2, 0.25) is 0 Å². The molecule has 42 heavy (non-hydrogen) atoms. The summed E-state index contributed by atoms with van der Waals surface area (Å²) in [6.45, 7) is 9.30. The number of aryl methyl sites for hydroxylation is 1. The molecular weight excluding hydrogens is 544 g/mol. The van der Waals surface area contributed by atoms with Crippen molar-refractivity contribution in [2.24, 2.45) is 5.41 Å². The molecule has 2 aromatic rings. The highest BCUT2D eigenvalue weighted by molar-refractivity contribution is 8.02. The van der Waals surface area contributed by atoms with E-state index in [1.165, 1.54) is 11.1 Å². The normalized spacial score (nSPS) is 24.8. The summed E-state index contributed by atoms with van der Waals surface area (Å²) in [7, 11) is 0. The van der Waals surface area contributed by atoms with E-state index in [2.05, 4.69) is 61.3 Å². The van der Waals surface area contributed by atoms with Crippen molar-refractivity contribution in [1.29, 1.82) is 0 Å². The van der Waals surface area contributed by atoms with Crippen LogP contribution in [0, 0.1) is 5.41 Å². The van der Waals surface area contributed by atoms with Crippen LogP contribution in [0.4, 0.5) is 10.5 Å². The summed E-state index contributed by atoms with van der Waals surface area (Å²) in [5.74, 6) is 0.175.